The molecular formula is C12H21NS. The standard InChI is InChI=1S/C12H21NS/c1-3-5-10(13)6-7-12-9-8-11(4-2)14-12/h8-10H,3-7,13H2,1-2H3. The van der Waals surface area contributed by atoms with Crippen molar-refractivity contribution in [3.05, 3.63) is 21.9 Å². The summed E-state index contributed by atoms with van der Waals surface area (Å²) in [6.07, 6.45) is 5.81. The van der Waals surface area contributed by atoms with Crippen LogP contribution >= 0.6 is 11.3 Å². The Bertz CT molecular complexity index is 255. The Labute approximate surface area is 91.3 Å². The van der Waals surface area contributed by atoms with Crippen molar-refractivity contribution >= 4 is 11.3 Å². The number of rotatable bonds is 6. The van der Waals surface area contributed by atoms with Gasteiger partial charge in [-0.15, -0.1) is 11.3 Å². The van der Waals surface area contributed by atoms with Crippen LogP contribution in [0, 0.1) is 0 Å². The molecule has 0 fully saturated rings. The summed E-state index contributed by atoms with van der Waals surface area (Å²) in [4.78, 5) is 2.98. The molecule has 0 aliphatic heterocycles. The Kier molecular flexibility index (Phi) is 5.20. The third-order valence-corrected chi connectivity index (χ3v) is 3.78. The summed E-state index contributed by atoms with van der Waals surface area (Å²) in [6.45, 7) is 4.40. The zero-order valence-corrected chi connectivity index (χ0v) is 10.1. The van der Waals surface area contributed by atoms with Crippen LogP contribution in [-0.4, -0.2) is 6.04 Å². The molecule has 0 amide bonds. The predicted octanol–water partition coefficient (Wildman–Crippen LogP) is 3.37. The van der Waals surface area contributed by atoms with Crippen molar-refractivity contribution in [2.45, 2.75) is 52.0 Å². The van der Waals surface area contributed by atoms with Gasteiger partial charge in [0.1, 0.15) is 0 Å². The smallest absolute Gasteiger partial charge is 0.00487 e. The third kappa shape index (κ3) is 3.81. The minimum absolute atomic E-state index is 0.396. The van der Waals surface area contributed by atoms with Gasteiger partial charge in [-0.05, 0) is 37.8 Å². The minimum Gasteiger partial charge on any atom is -0.328 e. The molecule has 1 unspecified atom stereocenters. The Morgan fingerprint density at radius 2 is 1.93 bits per heavy atom. The highest BCUT2D eigenvalue weighted by Crippen LogP contribution is 2.19. The van der Waals surface area contributed by atoms with E-state index in [1.807, 2.05) is 11.3 Å². The van der Waals surface area contributed by atoms with Crippen molar-refractivity contribution < 1.29 is 0 Å². The van der Waals surface area contributed by atoms with E-state index < -0.39 is 0 Å². The molecule has 0 saturated carbocycles. The van der Waals surface area contributed by atoms with Crippen LogP contribution in [0.1, 0.15) is 42.9 Å². The van der Waals surface area contributed by atoms with Gasteiger partial charge in [-0.1, -0.05) is 20.3 Å². The van der Waals surface area contributed by atoms with Crippen molar-refractivity contribution in [1.82, 2.24) is 0 Å². The van der Waals surface area contributed by atoms with Gasteiger partial charge in [0.2, 0.25) is 0 Å². The first-order valence-corrected chi connectivity index (χ1v) is 6.41. The second kappa shape index (κ2) is 6.20. The molecule has 1 aromatic rings. The molecule has 0 aliphatic carbocycles. The van der Waals surface area contributed by atoms with E-state index in [-0.39, 0.29) is 0 Å². The lowest BCUT2D eigenvalue weighted by atomic mass is 10.1. The fourth-order valence-electron chi connectivity index (χ4n) is 1.59. The topological polar surface area (TPSA) is 26.0 Å². The molecule has 0 spiro atoms. The average molecular weight is 211 g/mol. The summed E-state index contributed by atoms with van der Waals surface area (Å²) >= 11 is 1.94. The van der Waals surface area contributed by atoms with Crippen LogP contribution in [-0.2, 0) is 12.8 Å². The van der Waals surface area contributed by atoms with E-state index in [0.29, 0.717) is 6.04 Å². The van der Waals surface area contributed by atoms with Gasteiger partial charge in [0, 0.05) is 15.8 Å². The van der Waals surface area contributed by atoms with E-state index in [9.17, 15) is 0 Å². The number of hydrogen-bond acceptors (Lipinski definition) is 2. The number of nitrogens with two attached hydrogens (primary N) is 1. The summed E-state index contributed by atoms with van der Waals surface area (Å²) in [6, 6.07) is 4.89. The van der Waals surface area contributed by atoms with Crippen LogP contribution in [0.5, 0.6) is 0 Å². The van der Waals surface area contributed by atoms with Crippen LogP contribution in [0.2, 0.25) is 0 Å². The van der Waals surface area contributed by atoms with Gasteiger partial charge < -0.3 is 5.73 Å². The first-order chi connectivity index (χ1) is 6.76. The highest BCUT2D eigenvalue weighted by molar-refractivity contribution is 7.11. The Morgan fingerprint density at radius 1 is 1.21 bits per heavy atom. The lowest BCUT2D eigenvalue weighted by molar-refractivity contribution is 0.563. The van der Waals surface area contributed by atoms with Gasteiger partial charge >= 0.3 is 0 Å². The normalized spacial score (nSPS) is 13.1. The maximum Gasteiger partial charge on any atom is 0.00487 e. The Morgan fingerprint density at radius 3 is 2.50 bits per heavy atom. The highest BCUT2D eigenvalue weighted by atomic mass is 32.1. The second-order valence-corrected chi connectivity index (χ2v) is 5.06. The monoisotopic (exact) mass is 211 g/mol. The van der Waals surface area contributed by atoms with Crippen molar-refractivity contribution in [3.63, 3.8) is 0 Å². The molecule has 1 aromatic heterocycles. The van der Waals surface area contributed by atoms with Crippen molar-refractivity contribution in [2.75, 3.05) is 0 Å². The van der Waals surface area contributed by atoms with E-state index in [1.165, 1.54) is 16.2 Å². The average Bonchev–Trinajstić information content (AvgIpc) is 2.63. The third-order valence-electron chi connectivity index (χ3n) is 2.49. The number of aryl methyl sites for hydroxylation is 2. The molecule has 1 rings (SSSR count). The first-order valence-electron chi connectivity index (χ1n) is 5.59. The Hall–Kier alpha value is -0.340. The summed E-state index contributed by atoms with van der Waals surface area (Å²) in [7, 11) is 0. The largest absolute Gasteiger partial charge is 0.328 e. The zero-order chi connectivity index (χ0) is 10.4. The molecule has 0 saturated heterocycles. The molecule has 2 N–H and O–H groups in total. The molecule has 0 aliphatic rings. The molecule has 14 heavy (non-hydrogen) atoms. The van der Waals surface area contributed by atoms with Crippen LogP contribution in [0.25, 0.3) is 0 Å². The first kappa shape index (κ1) is 11.7. The van der Waals surface area contributed by atoms with Gasteiger partial charge in [0.15, 0.2) is 0 Å². The van der Waals surface area contributed by atoms with Gasteiger partial charge in [0.05, 0.1) is 0 Å². The molecule has 0 bridgehead atoms. The summed E-state index contributed by atoms with van der Waals surface area (Å²) in [5.41, 5.74) is 5.98. The molecule has 80 valence electrons. The van der Waals surface area contributed by atoms with Crippen LogP contribution in [0.4, 0.5) is 0 Å². The van der Waals surface area contributed by atoms with Gasteiger partial charge in [-0.25, -0.2) is 0 Å². The van der Waals surface area contributed by atoms with Crippen LogP contribution < -0.4 is 5.73 Å². The van der Waals surface area contributed by atoms with E-state index in [4.69, 9.17) is 5.73 Å². The van der Waals surface area contributed by atoms with E-state index in [2.05, 4.69) is 26.0 Å². The summed E-state index contributed by atoms with van der Waals surface area (Å²) in [5, 5.41) is 0. The molecule has 1 atom stereocenters. The van der Waals surface area contributed by atoms with E-state index in [1.54, 1.807) is 0 Å². The second-order valence-electron chi connectivity index (χ2n) is 3.81. The van der Waals surface area contributed by atoms with Crippen molar-refractivity contribution in [1.29, 1.82) is 0 Å². The van der Waals surface area contributed by atoms with E-state index >= 15 is 0 Å². The van der Waals surface area contributed by atoms with Crippen molar-refractivity contribution in [2.24, 2.45) is 5.73 Å². The quantitative estimate of drug-likeness (QED) is 0.767. The lowest BCUT2D eigenvalue weighted by Crippen LogP contribution is -2.19. The fourth-order valence-corrected chi connectivity index (χ4v) is 2.56. The highest BCUT2D eigenvalue weighted by Gasteiger charge is 2.03. The Balaban J connectivity index is 2.30. The van der Waals surface area contributed by atoms with Gasteiger partial charge in [0.25, 0.3) is 0 Å². The summed E-state index contributed by atoms with van der Waals surface area (Å²) < 4.78 is 0. The fraction of sp³-hybridized carbons (Fsp3) is 0.667. The molecule has 2 heteroatoms. The zero-order valence-electron chi connectivity index (χ0n) is 9.25. The van der Waals surface area contributed by atoms with Gasteiger partial charge in [-0.3, -0.25) is 0 Å². The molecule has 0 radical (unpaired) electrons. The van der Waals surface area contributed by atoms with Crippen molar-refractivity contribution in [3.8, 4) is 0 Å². The number of thiophene rings is 1. The maximum atomic E-state index is 5.98. The predicted molar refractivity (Wildman–Crippen MR) is 64.9 cm³/mol. The van der Waals surface area contributed by atoms with Gasteiger partial charge in [-0.2, -0.15) is 0 Å². The minimum atomic E-state index is 0.396. The lowest BCUT2D eigenvalue weighted by Gasteiger charge is -2.08. The summed E-state index contributed by atoms with van der Waals surface area (Å²) in [5.74, 6) is 0. The molecule has 1 heterocycles. The number of hydrogen-bond donors (Lipinski definition) is 1. The SMILES string of the molecule is CCCC(N)CCc1ccc(CC)s1. The van der Waals surface area contributed by atoms with Crippen LogP contribution in [0.3, 0.4) is 0 Å². The molecular weight excluding hydrogens is 190 g/mol. The molecule has 1 nitrogen and oxygen atoms in total. The van der Waals surface area contributed by atoms with E-state index in [0.717, 1.165) is 25.7 Å². The molecule has 0 aromatic carbocycles. The maximum absolute atomic E-state index is 5.98. The van der Waals surface area contributed by atoms with Crippen LogP contribution in [0.15, 0.2) is 12.1 Å².